The van der Waals surface area contributed by atoms with Crippen LogP contribution in [0.1, 0.15) is 41.4 Å². The number of para-hydroxylation sites is 1. The molecule has 0 aliphatic carbocycles. The molecule has 4 nitrogen and oxygen atoms in total. The van der Waals surface area contributed by atoms with E-state index in [4.69, 9.17) is 12.2 Å². The predicted octanol–water partition coefficient (Wildman–Crippen LogP) is 4.79. The van der Waals surface area contributed by atoms with Gasteiger partial charge in [0.05, 0.1) is 11.2 Å². The van der Waals surface area contributed by atoms with Crippen LogP contribution in [-0.4, -0.2) is 16.0 Å². The molecule has 0 fully saturated rings. The van der Waals surface area contributed by atoms with E-state index in [9.17, 15) is 4.79 Å². The van der Waals surface area contributed by atoms with Crippen molar-refractivity contribution in [3.05, 3.63) is 71.4 Å². The molecule has 132 valence electrons. The number of hydrogen-bond donors (Lipinski definition) is 2. The monoisotopic (exact) mass is 363 g/mol. The van der Waals surface area contributed by atoms with Crippen molar-refractivity contribution in [2.24, 2.45) is 0 Å². The largest absolute Gasteiger partial charge is 0.331 e. The smallest absolute Gasteiger partial charge is 0.257 e. The predicted molar refractivity (Wildman–Crippen MR) is 111 cm³/mol. The first-order chi connectivity index (χ1) is 12.4. The van der Waals surface area contributed by atoms with Crippen molar-refractivity contribution in [2.75, 3.05) is 5.32 Å². The van der Waals surface area contributed by atoms with Crippen molar-refractivity contribution < 1.29 is 4.79 Å². The highest BCUT2D eigenvalue weighted by atomic mass is 32.1. The Hall–Kier alpha value is -2.79. The summed E-state index contributed by atoms with van der Waals surface area (Å²) in [7, 11) is 0. The summed E-state index contributed by atoms with van der Waals surface area (Å²) in [6.07, 6.45) is 0. The fourth-order valence-corrected chi connectivity index (χ4v) is 2.90. The molecule has 3 aromatic rings. The minimum Gasteiger partial charge on any atom is -0.331 e. The third-order valence-electron chi connectivity index (χ3n) is 4.17. The van der Waals surface area contributed by atoms with Crippen molar-refractivity contribution in [1.82, 2.24) is 10.3 Å². The van der Waals surface area contributed by atoms with Crippen molar-refractivity contribution in [3.63, 3.8) is 0 Å². The normalized spacial score (nSPS) is 10.8. The molecule has 0 unspecified atom stereocenters. The summed E-state index contributed by atoms with van der Waals surface area (Å²) < 4.78 is 0. The fraction of sp³-hybridized carbons (Fsp3) is 0.190. The lowest BCUT2D eigenvalue weighted by atomic mass is 10.0. The number of anilines is 1. The minimum absolute atomic E-state index is 0.234. The molecule has 0 bridgehead atoms. The number of carbonyl (C=O) groups is 1. The summed E-state index contributed by atoms with van der Waals surface area (Å²) in [6.45, 7) is 6.18. The molecular weight excluding hydrogens is 342 g/mol. The van der Waals surface area contributed by atoms with E-state index in [-0.39, 0.29) is 11.0 Å². The fourth-order valence-electron chi connectivity index (χ4n) is 2.69. The van der Waals surface area contributed by atoms with Crippen molar-refractivity contribution in [3.8, 4) is 0 Å². The van der Waals surface area contributed by atoms with Gasteiger partial charge in [-0.2, -0.15) is 0 Å². The first-order valence-electron chi connectivity index (χ1n) is 8.52. The Morgan fingerprint density at radius 3 is 2.46 bits per heavy atom. The molecule has 0 atom stereocenters. The number of pyridine rings is 1. The number of fused-ring (bicyclic) bond motifs is 1. The highest BCUT2D eigenvalue weighted by molar-refractivity contribution is 7.80. The van der Waals surface area contributed by atoms with Crippen LogP contribution in [0.5, 0.6) is 0 Å². The number of rotatable bonds is 3. The second kappa shape index (κ2) is 7.62. The van der Waals surface area contributed by atoms with Gasteiger partial charge < -0.3 is 5.32 Å². The van der Waals surface area contributed by atoms with E-state index in [0.717, 1.165) is 22.3 Å². The molecule has 26 heavy (non-hydrogen) atoms. The second-order valence-electron chi connectivity index (χ2n) is 6.51. The van der Waals surface area contributed by atoms with E-state index in [0.29, 0.717) is 11.5 Å². The molecule has 3 rings (SSSR count). The van der Waals surface area contributed by atoms with Gasteiger partial charge in [-0.3, -0.25) is 15.1 Å². The van der Waals surface area contributed by atoms with Gasteiger partial charge in [-0.05, 0) is 54.9 Å². The number of amides is 1. The van der Waals surface area contributed by atoms with Gasteiger partial charge in [0.1, 0.15) is 0 Å². The van der Waals surface area contributed by atoms with Gasteiger partial charge in [0.2, 0.25) is 0 Å². The summed E-state index contributed by atoms with van der Waals surface area (Å²) in [5.74, 6) is 0.194. The Morgan fingerprint density at radius 2 is 1.77 bits per heavy atom. The second-order valence-corrected chi connectivity index (χ2v) is 6.92. The van der Waals surface area contributed by atoms with Crippen LogP contribution < -0.4 is 10.6 Å². The van der Waals surface area contributed by atoms with Crippen molar-refractivity contribution >= 4 is 39.8 Å². The molecular formula is C21H21N3OS. The first kappa shape index (κ1) is 18.0. The van der Waals surface area contributed by atoms with E-state index in [1.54, 1.807) is 0 Å². The summed E-state index contributed by atoms with van der Waals surface area (Å²) >= 11 is 5.30. The molecule has 0 aliphatic heterocycles. The zero-order valence-electron chi connectivity index (χ0n) is 15.0. The quantitative estimate of drug-likeness (QED) is 0.657. The number of aromatic nitrogens is 1. The zero-order chi connectivity index (χ0) is 18.7. The maximum absolute atomic E-state index is 12.4. The standard InChI is InChI=1S/C21H21N3OS/c1-13(2)15-9-11-17(12-10-15)20(25)24-21(26)23-18-6-4-5-16-8-7-14(3)22-19(16)18/h4-13H,1-3H3,(H2,23,24,25,26). The molecule has 2 aromatic carbocycles. The number of nitrogens with one attached hydrogen (secondary N) is 2. The average Bonchev–Trinajstić information content (AvgIpc) is 2.62. The first-order valence-corrected chi connectivity index (χ1v) is 8.93. The van der Waals surface area contributed by atoms with E-state index >= 15 is 0 Å². The Bertz CT molecular complexity index is 965. The van der Waals surface area contributed by atoms with Gasteiger partial charge in [0.15, 0.2) is 5.11 Å². The number of hydrogen-bond acceptors (Lipinski definition) is 3. The Balaban J connectivity index is 1.73. The molecule has 0 aliphatic rings. The highest BCUT2D eigenvalue weighted by Gasteiger charge is 2.10. The minimum atomic E-state index is -0.234. The highest BCUT2D eigenvalue weighted by Crippen LogP contribution is 2.21. The van der Waals surface area contributed by atoms with Crippen LogP contribution in [0.2, 0.25) is 0 Å². The van der Waals surface area contributed by atoms with E-state index < -0.39 is 0 Å². The molecule has 0 saturated carbocycles. The van der Waals surface area contributed by atoms with Crippen LogP contribution in [0, 0.1) is 6.92 Å². The van der Waals surface area contributed by atoms with Crippen molar-refractivity contribution in [1.29, 1.82) is 0 Å². The van der Waals surface area contributed by atoms with E-state index in [1.165, 1.54) is 5.56 Å². The third kappa shape index (κ3) is 4.06. The molecule has 5 heteroatoms. The topological polar surface area (TPSA) is 54.0 Å². The third-order valence-corrected chi connectivity index (χ3v) is 4.38. The summed E-state index contributed by atoms with van der Waals surface area (Å²) in [4.78, 5) is 16.9. The van der Waals surface area contributed by atoms with Crippen LogP contribution in [-0.2, 0) is 0 Å². The number of carbonyl (C=O) groups excluding carboxylic acids is 1. The number of thiocarbonyl (C=S) groups is 1. The van der Waals surface area contributed by atoms with Gasteiger partial charge in [0, 0.05) is 16.6 Å². The Kier molecular flexibility index (Phi) is 5.28. The maximum atomic E-state index is 12.4. The summed E-state index contributed by atoms with van der Waals surface area (Å²) in [5, 5.41) is 7.07. The van der Waals surface area contributed by atoms with Crippen LogP contribution in [0.15, 0.2) is 54.6 Å². The van der Waals surface area contributed by atoms with Gasteiger partial charge in [0.25, 0.3) is 5.91 Å². The molecule has 0 spiro atoms. The molecule has 2 N–H and O–H groups in total. The van der Waals surface area contributed by atoms with Crippen molar-refractivity contribution in [2.45, 2.75) is 26.7 Å². The number of nitrogens with zero attached hydrogens (tertiary/aromatic N) is 1. The zero-order valence-corrected chi connectivity index (χ0v) is 15.9. The number of aryl methyl sites for hydroxylation is 1. The van der Waals surface area contributed by atoms with Gasteiger partial charge >= 0.3 is 0 Å². The molecule has 0 radical (unpaired) electrons. The Morgan fingerprint density at radius 1 is 1.04 bits per heavy atom. The lowest BCUT2D eigenvalue weighted by Gasteiger charge is -2.12. The lowest BCUT2D eigenvalue weighted by molar-refractivity contribution is 0.0977. The van der Waals surface area contributed by atoms with Crippen LogP contribution in [0.3, 0.4) is 0 Å². The maximum Gasteiger partial charge on any atom is 0.257 e. The Labute approximate surface area is 158 Å². The van der Waals surface area contributed by atoms with Gasteiger partial charge in [-0.15, -0.1) is 0 Å². The lowest BCUT2D eigenvalue weighted by Crippen LogP contribution is -2.34. The summed E-state index contributed by atoms with van der Waals surface area (Å²) in [6, 6.07) is 17.4. The van der Waals surface area contributed by atoms with E-state index in [2.05, 4.69) is 29.5 Å². The van der Waals surface area contributed by atoms with Crippen LogP contribution in [0.25, 0.3) is 10.9 Å². The van der Waals surface area contributed by atoms with Gasteiger partial charge in [-0.1, -0.05) is 44.2 Å². The van der Waals surface area contributed by atoms with Crippen LogP contribution >= 0.6 is 12.2 Å². The average molecular weight is 363 g/mol. The molecule has 1 heterocycles. The molecule has 1 aromatic heterocycles. The van der Waals surface area contributed by atoms with Gasteiger partial charge in [-0.25, -0.2) is 0 Å². The summed E-state index contributed by atoms with van der Waals surface area (Å²) in [5.41, 5.74) is 4.29. The van der Waals surface area contributed by atoms with Crippen LogP contribution in [0.4, 0.5) is 5.69 Å². The SMILES string of the molecule is Cc1ccc2cccc(NC(=S)NC(=O)c3ccc(C(C)C)cc3)c2n1. The molecule has 1 amide bonds. The number of benzene rings is 2. The van der Waals surface area contributed by atoms with E-state index in [1.807, 2.05) is 61.5 Å². The molecule has 0 saturated heterocycles.